The molecule has 96 valence electrons. The van der Waals surface area contributed by atoms with Crippen LogP contribution in [0.3, 0.4) is 0 Å². The van der Waals surface area contributed by atoms with Crippen LogP contribution in [0, 0.1) is 4.77 Å². The molecule has 5 nitrogen and oxygen atoms in total. The average Bonchev–Trinajstić information content (AvgIpc) is 2.76. The van der Waals surface area contributed by atoms with E-state index in [1.165, 1.54) is 0 Å². The summed E-state index contributed by atoms with van der Waals surface area (Å²) in [6, 6.07) is 5.72. The second-order valence-corrected chi connectivity index (χ2v) is 4.50. The molecule has 3 rings (SSSR count). The fourth-order valence-corrected chi connectivity index (χ4v) is 2.42. The highest BCUT2D eigenvalue weighted by molar-refractivity contribution is 7.71. The highest BCUT2D eigenvalue weighted by Crippen LogP contribution is 2.20. The Morgan fingerprint density at radius 3 is 3.05 bits per heavy atom. The lowest BCUT2D eigenvalue weighted by Crippen LogP contribution is -2.02. The number of hydrogen-bond acceptors (Lipinski definition) is 4. The van der Waals surface area contributed by atoms with Crippen LogP contribution < -0.4 is 0 Å². The largest absolute Gasteiger partial charge is 0.396 e. The number of nitrogens with one attached hydrogen (secondary N) is 1. The molecule has 0 amide bonds. The Balaban J connectivity index is 2.30. The average molecular weight is 272 g/mol. The molecule has 0 fully saturated rings. The zero-order chi connectivity index (χ0) is 13.2. The van der Waals surface area contributed by atoms with Crippen LogP contribution in [0.15, 0.2) is 36.8 Å². The number of aliphatic hydroxyl groups is 1. The van der Waals surface area contributed by atoms with Gasteiger partial charge in [-0.15, -0.1) is 0 Å². The van der Waals surface area contributed by atoms with Crippen molar-refractivity contribution >= 4 is 23.4 Å². The Labute approximate surface area is 114 Å². The third-order valence-corrected chi connectivity index (χ3v) is 3.24. The van der Waals surface area contributed by atoms with Crippen LogP contribution in [0.2, 0.25) is 0 Å². The number of fused-ring (bicyclic) bond motifs is 1. The minimum absolute atomic E-state index is 0.0760. The molecule has 0 saturated heterocycles. The Kier molecular flexibility index (Phi) is 3.10. The van der Waals surface area contributed by atoms with Crippen LogP contribution in [0.5, 0.6) is 0 Å². The van der Waals surface area contributed by atoms with Gasteiger partial charge in [-0.05, 0) is 42.4 Å². The number of imidazole rings is 1. The molecule has 19 heavy (non-hydrogen) atoms. The van der Waals surface area contributed by atoms with E-state index in [0.29, 0.717) is 11.2 Å². The predicted octanol–water partition coefficient (Wildman–Crippen LogP) is 2.01. The molecule has 0 aliphatic heterocycles. The molecule has 6 heteroatoms. The number of H-pyrrole nitrogens is 1. The maximum atomic E-state index is 9.14. The lowest BCUT2D eigenvalue weighted by Gasteiger charge is -2.09. The van der Waals surface area contributed by atoms with Gasteiger partial charge in [-0.25, -0.2) is 4.98 Å². The van der Waals surface area contributed by atoms with Gasteiger partial charge in [0.05, 0.1) is 11.2 Å². The van der Waals surface area contributed by atoms with Crippen LogP contribution in [0.4, 0.5) is 0 Å². The van der Waals surface area contributed by atoms with E-state index in [2.05, 4.69) is 15.0 Å². The van der Waals surface area contributed by atoms with Gasteiger partial charge in [0.1, 0.15) is 0 Å². The molecule has 0 radical (unpaired) electrons. The summed E-state index contributed by atoms with van der Waals surface area (Å²) < 4.78 is 2.50. The standard InChI is InChI=1S/C13H12N4OS/c18-7-4-9-8-14-6-3-10(9)17-11-2-1-5-15-12(11)16-13(17)19/h1-3,5-6,8,18H,4,7H2,(H,15,16,19). The van der Waals surface area contributed by atoms with Crippen molar-refractivity contribution in [2.45, 2.75) is 6.42 Å². The summed E-state index contributed by atoms with van der Waals surface area (Å²) in [7, 11) is 0. The number of pyridine rings is 2. The monoisotopic (exact) mass is 272 g/mol. The highest BCUT2D eigenvalue weighted by Gasteiger charge is 2.10. The van der Waals surface area contributed by atoms with Gasteiger partial charge in [-0.1, -0.05) is 0 Å². The van der Waals surface area contributed by atoms with Gasteiger partial charge in [0, 0.05) is 25.2 Å². The van der Waals surface area contributed by atoms with E-state index in [9.17, 15) is 0 Å². The molecule has 0 spiro atoms. The van der Waals surface area contributed by atoms with Crippen molar-refractivity contribution in [3.05, 3.63) is 47.1 Å². The number of aromatic amines is 1. The van der Waals surface area contributed by atoms with Crippen LogP contribution in [0.25, 0.3) is 16.9 Å². The molecule has 2 N–H and O–H groups in total. The Morgan fingerprint density at radius 1 is 1.32 bits per heavy atom. The first-order valence-corrected chi connectivity index (χ1v) is 6.32. The Hall–Kier alpha value is -2.05. The molecule has 0 aromatic carbocycles. The summed E-state index contributed by atoms with van der Waals surface area (Å²) in [6.45, 7) is 0.0760. The molecule has 3 heterocycles. The summed E-state index contributed by atoms with van der Waals surface area (Å²) in [5.74, 6) is 0. The van der Waals surface area contributed by atoms with Crippen molar-refractivity contribution in [1.29, 1.82) is 0 Å². The van der Waals surface area contributed by atoms with Crippen molar-refractivity contribution in [3.8, 4) is 5.69 Å². The van der Waals surface area contributed by atoms with E-state index in [0.717, 1.165) is 22.4 Å². The molecule has 0 aliphatic rings. The van der Waals surface area contributed by atoms with Gasteiger partial charge < -0.3 is 10.1 Å². The van der Waals surface area contributed by atoms with Crippen LogP contribution in [-0.4, -0.2) is 31.2 Å². The molecular weight excluding hydrogens is 260 g/mol. The van der Waals surface area contributed by atoms with Crippen molar-refractivity contribution in [1.82, 2.24) is 19.5 Å². The third-order valence-electron chi connectivity index (χ3n) is 2.96. The Bertz CT molecular complexity index is 777. The minimum atomic E-state index is 0.0760. The summed E-state index contributed by atoms with van der Waals surface area (Å²) >= 11 is 5.36. The van der Waals surface area contributed by atoms with Crippen LogP contribution in [-0.2, 0) is 6.42 Å². The van der Waals surface area contributed by atoms with Gasteiger partial charge in [0.2, 0.25) is 0 Å². The van der Waals surface area contributed by atoms with Crippen LogP contribution in [0.1, 0.15) is 5.56 Å². The van der Waals surface area contributed by atoms with Gasteiger partial charge in [0.15, 0.2) is 10.4 Å². The van der Waals surface area contributed by atoms with Gasteiger partial charge in [-0.3, -0.25) is 9.55 Å². The van der Waals surface area contributed by atoms with Crippen molar-refractivity contribution < 1.29 is 5.11 Å². The smallest absolute Gasteiger partial charge is 0.183 e. The van der Waals surface area contributed by atoms with Gasteiger partial charge >= 0.3 is 0 Å². The quantitative estimate of drug-likeness (QED) is 0.716. The zero-order valence-electron chi connectivity index (χ0n) is 10.1. The predicted molar refractivity (Wildman–Crippen MR) is 74.8 cm³/mol. The lowest BCUT2D eigenvalue weighted by atomic mass is 10.2. The zero-order valence-corrected chi connectivity index (χ0v) is 10.9. The van der Waals surface area contributed by atoms with E-state index < -0.39 is 0 Å². The SMILES string of the molecule is OCCc1cnccc1-n1c(=S)[nH]c2ncccc21. The van der Waals surface area contributed by atoms with Gasteiger partial charge in [-0.2, -0.15) is 0 Å². The van der Waals surface area contributed by atoms with Crippen molar-refractivity contribution in [2.75, 3.05) is 6.61 Å². The number of hydrogen-bond donors (Lipinski definition) is 2. The highest BCUT2D eigenvalue weighted by atomic mass is 32.1. The first-order valence-electron chi connectivity index (χ1n) is 5.91. The molecule has 0 bridgehead atoms. The lowest BCUT2D eigenvalue weighted by molar-refractivity contribution is 0.299. The molecule has 3 aromatic rings. The van der Waals surface area contributed by atoms with Crippen molar-refractivity contribution in [2.24, 2.45) is 0 Å². The van der Waals surface area contributed by atoms with Crippen molar-refractivity contribution in [3.63, 3.8) is 0 Å². The van der Waals surface area contributed by atoms with E-state index >= 15 is 0 Å². The Morgan fingerprint density at radius 2 is 2.21 bits per heavy atom. The first kappa shape index (κ1) is 12.0. The van der Waals surface area contributed by atoms with Crippen LogP contribution >= 0.6 is 12.2 Å². The maximum absolute atomic E-state index is 9.14. The topological polar surface area (TPSA) is 66.7 Å². The summed E-state index contributed by atoms with van der Waals surface area (Å²) in [4.78, 5) is 11.4. The molecule has 0 atom stereocenters. The minimum Gasteiger partial charge on any atom is -0.396 e. The number of nitrogens with zero attached hydrogens (tertiary/aromatic N) is 3. The molecule has 0 unspecified atom stereocenters. The molecule has 0 aliphatic carbocycles. The third kappa shape index (κ3) is 2.05. The number of aromatic nitrogens is 4. The number of aliphatic hydroxyl groups excluding tert-OH is 1. The normalized spacial score (nSPS) is 11.0. The molecule has 3 aromatic heterocycles. The van der Waals surface area contributed by atoms with Gasteiger partial charge in [0.25, 0.3) is 0 Å². The first-order chi connectivity index (χ1) is 9.31. The fourth-order valence-electron chi connectivity index (χ4n) is 2.13. The number of rotatable bonds is 3. The second kappa shape index (κ2) is 4.91. The van der Waals surface area contributed by atoms with E-state index in [-0.39, 0.29) is 6.61 Å². The van der Waals surface area contributed by atoms with E-state index in [4.69, 9.17) is 17.3 Å². The van der Waals surface area contributed by atoms with E-state index in [1.54, 1.807) is 18.6 Å². The summed E-state index contributed by atoms with van der Waals surface area (Å²) in [5, 5.41) is 9.14. The molecular formula is C13H12N4OS. The second-order valence-electron chi connectivity index (χ2n) is 4.11. The maximum Gasteiger partial charge on any atom is 0.183 e. The summed E-state index contributed by atoms with van der Waals surface area (Å²) in [5.41, 5.74) is 3.54. The summed E-state index contributed by atoms with van der Waals surface area (Å²) in [6.07, 6.45) is 5.73. The van der Waals surface area contributed by atoms with E-state index in [1.807, 2.05) is 22.8 Å². The fraction of sp³-hybridized carbons (Fsp3) is 0.154. The molecule has 0 saturated carbocycles.